The molecule has 0 radical (unpaired) electrons. The molecule has 0 aliphatic carbocycles. The lowest BCUT2D eigenvalue weighted by Gasteiger charge is -2.12. The predicted molar refractivity (Wildman–Crippen MR) is 122 cm³/mol. The number of anilines is 2. The van der Waals surface area contributed by atoms with Gasteiger partial charge in [-0.3, -0.25) is 14.4 Å². The number of amides is 2. The molecule has 0 aliphatic rings. The lowest BCUT2D eigenvalue weighted by atomic mass is 10.0. The van der Waals surface area contributed by atoms with E-state index in [0.717, 1.165) is 33.4 Å². The molecule has 2 N–H and O–H groups in total. The zero-order valence-electron chi connectivity index (χ0n) is 18.2. The van der Waals surface area contributed by atoms with Crippen LogP contribution in [0.2, 0.25) is 0 Å². The lowest BCUT2D eigenvalue weighted by Crippen LogP contribution is -2.29. The quantitative estimate of drug-likeness (QED) is 0.639. The van der Waals surface area contributed by atoms with E-state index in [1.807, 2.05) is 57.2 Å². The second-order valence-electron chi connectivity index (χ2n) is 7.49. The fourth-order valence-electron chi connectivity index (χ4n) is 3.26. The van der Waals surface area contributed by atoms with Crippen molar-refractivity contribution in [3.63, 3.8) is 0 Å². The van der Waals surface area contributed by atoms with Gasteiger partial charge in [-0.2, -0.15) is 5.10 Å². The van der Waals surface area contributed by atoms with Gasteiger partial charge < -0.3 is 10.6 Å². The van der Waals surface area contributed by atoms with E-state index in [9.17, 15) is 14.4 Å². The first kappa shape index (κ1) is 22.0. The number of carbonyl (C=O) groups is 2. The first-order valence-electron chi connectivity index (χ1n) is 10.1. The molecule has 2 amide bonds. The number of rotatable bonds is 6. The highest BCUT2D eigenvalue weighted by Crippen LogP contribution is 2.24. The Morgan fingerprint density at radius 3 is 2.45 bits per heavy atom. The fourth-order valence-corrected chi connectivity index (χ4v) is 3.26. The third-order valence-electron chi connectivity index (χ3n) is 4.92. The summed E-state index contributed by atoms with van der Waals surface area (Å²) in [5.41, 5.74) is 5.30. The van der Waals surface area contributed by atoms with Crippen molar-refractivity contribution >= 4 is 23.2 Å². The largest absolute Gasteiger partial charge is 0.326 e. The Morgan fingerprint density at radius 1 is 0.968 bits per heavy atom. The fraction of sp³-hybridized carbons (Fsp3) is 0.250. The molecule has 1 aromatic heterocycles. The third-order valence-corrected chi connectivity index (χ3v) is 4.92. The zero-order chi connectivity index (χ0) is 22.5. The molecule has 2 aromatic carbocycles. The van der Waals surface area contributed by atoms with Crippen LogP contribution in [0.1, 0.15) is 30.5 Å². The number of aryl methyl sites for hydroxylation is 3. The van der Waals surface area contributed by atoms with Crippen LogP contribution in [-0.4, -0.2) is 21.6 Å². The SMILES string of the molecule is CCc1ccc(-c2ccc(=O)n(CC(=O)Nc3cc(C)ccc3C)n2)cc1NC(C)=O. The summed E-state index contributed by atoms with van der Waals surface area (Å²) in [5, 5.41) is 10.0. The average Bonchev–Trinajstić information content (AvgIpc) is 2.72. The number of benzene rings is 2. The molecule has 160 valence electrons. The Labute approximate surface area is 181 Å². The van der Waals surface area contributed by atoms with Gasteiger partial charge in [-0.25, -0.2) is 4.68 Å². The standard InChI is InChI=1S/C24H26N4O3/c1-5-18-8-9-19(13-22(18)25-17(4)29)20-10-11-24(31)28(27-20)14-23(30)26-21-12-15(2)6-7-16(21)3/h6-13H,5,14H2,1-4H3,(H,25,29)(H,26,30). The Bertz CT molecular complexity index is 1200. The minimum Gasteiger partial charge on any atom is -0.326 e. The first-order valence-corrected chi connectivity index (χ1v) is 10.1. The van der Waals surface area contributed by atoms with E-state index >= 15 is 0 Å². The van der Waals surface area contributed by atoms with Gasteiger partial charge in [0.15, 0.2) is 0 Å². The molecule has 1 heterocycles. The highest BCUT2D eigenvalue weighted by Gasteiger charge is 2.11. The molecule has 0 fully saturated rings. The van der Waals surface area contributed by atoms with Crippen LogP contribution in [-0.2, 0) is 22.6 Å². The molecule has 31 heavy (non-hydrogen) atoms. The molecule has 7 nitrogen and oxygen atoms in total. The van der Waals surface area contributed by atoms with Gasteiger partial charge in [-0.15, -0.1) is 0 Å². The van der Waals surface area contributed by atoms with E-state index in [4.69, 9.17) is 0 Å². The van der Waals surface area contributed by atoms with E-state index in [1.54, 1.807) is 6.07 Å². The summed E-state index contributed by atoms with van der Waals surface area (Å²) in [4.78, 5) is 36.4. The number of nitrogens with one attached hydrogen (secondary N) is 2. The van der Waals surface area contributed by atoms with E-state index < -0.39 is 0 Å². The van der Waals surface area contributed by atoms with Crippen LogP contribution in [0.25, 0.3) is 11.3 Å². The topological polar surface area (TPSA) is 93.1 Å². The van der Waals surface area contributed by atoms with E-state index in [2.05, 4.69) is 15.7 Å². The van der Waals surface area contributed by atoms with Crippen LogP contribution < -0.4 is 16.2 Å². The molecular formula is C24H26N4O3. The van der Waals surface area contributed by atoms with E-state index in [0.29, 0.717) is 17.1 Å². The van der Waals surface area contributed by atoms with Crippen LogP contribution in [0.15, 0.2) is 53.3 Å². The maximum absolute atomic E-state index is 12.5. The molecule has 3 rings (SSSR count). The minimum atomic E-state index is -0.368. The van der Waals surface area contributed by atoms with Crippen molar-refractivity contribution in [1.82, 2.24) is 9.78 Å². The maximum atomic E-state index is 12.5. The summed E-state index contributed by atoms with van der Waals surface area (Å²) < 4.78 is 1.14. The second kappa shape index (κ2) is 9.38. The van der Waals surface area contributed by atoms with Crippen LogP contribution in [0, 0.1) is 13.8 Å². The summed E-state index contributed by atoms with van der Waals surface area (Å²) in [6, 6.07) is 14.4. The predicted octanol–water partition coefficient (Wildman–Crippen LogP) is 3.69. The Kier molecular flexibility index (Phi) is 6.65. The van der Waals surface area contributed by atoms with Gasteiger partial charge in [-0.05, 0) is 55.2 Å². The smallest absolute Gasteiger partial charge is 0.267 e. The van der Waals surface area contributed by atoms with Gasteiger partial charge in [0, 0.05) is 29.9 Å². The molecule has 3 aromatic rings. The van der Waals surface area contributed by atoms with Gasteiger partial charge in [0.25, 0.3) is 5.56 Å². The first-order chi connectivity index (χ1) is 14.8. The normalized spacial score (nSPS) is 10.6. The average molecular weight is 418 g/mol. The van der Waals surface area contributed by atoms with Gasteiger partial charge >= 0.3 is 0 Å². The van der Waals surface area contributed by atoms with Gasteiger partial charge in [0.05, 0.1) is 5.69 Å². The molecule has 0 saturated heterocycles. The molecule has 0 unspecified atom stereocenters. The number of carbonyl (C=O) groups excluding carboxylic acids is 2. The lowest BCUT2D eigenvalue weighted by molar-refractivity contribution is -0.117. The monoisotopic (exact) mass is 418 g/mol. The van der Waals surface area contributed by atoms with Gasteiger partial charge in [-0.1, -0.05) is 31.2 Å². The number of hydrogen-bond donors (Lipinski definition) is 2. The molecular weight excluding hydrogens is 392 g/mol. The van der Waals surface area contributed by atoms with Crippen LogP contribution in [0.5, 0.6) is 0 Å². The summed E-state index contributed by atoms with van der Waals surface area (Å²) in [7, 11) is 0. The van der Waals surface area contributed by atoms with Crippen molar-refractivity contribution < 1.29 is 9.59 Å². The Morgan fingerprint density at radius 2 is 1.74 bits per heavy atom. The summed E-state index contributed by atoms with van der Waals surface area (Å²) in [6.07, 6.45) is 0.765. The van der Waals surface area contributed by atoms with Crippen molar-refractivity contribution in [2.75, 3.05) is 10.6 Å². The van der Waals surface area contributed by atoms with E-state index in [-0.39, 0.29) is 23.9 Å². The molecule has 0 aliphatic heterocycles. The van der Waals surface area contributed by atoms with Crippen molar-refractivity contribution in [3.8, 4) is 11.3 Å². The maximum Gasteiger partial charge on any atom is 0.267 e. The number of nitrogens with zero attached hydrogens (tertiary/aromatic N) is 2. The van der Waals surface area contributed by atoms with Gasteiger partial charge in [0.2, 0.25) is 11.8 Å². The van der Waals surface area contributed by atoms with Crippen LogP contribution >= 0.6 is 0 Å². The summed E-state index contributed by atoms with van der Waals surface area (Å²) in [6.45, 7) is 7.12. The molecule has 0 spiro atoms. The molecule has 0 atom stereocenters. The van der Waals surface area contributed by atoms with E-state index in [1.165, 1.54) is 13.0 Å². The summed E-state index contributed by atoms with van der Waals surface area (Å²) >= 11 is 0. The van der Waals surface area contributed by atoms with Crippen molar-refractivity contribution in [3.05, 3.63) is 75.6 Å². The van der Waals surface area contributed by atoms with Crippen LogP contribution in [0.4, 0.5) is 11.4 Å². The van der Waals surface area contributed by atoms with Crippen molar-refractivity contribution in [2.24, 2.45) is 0 Å². The zero-order valence-corrected chi connectivity index (χ0v) is 18.2. The Balaban J connectivity index is 1.86. The van der Waals surface area contributed by atoms with Crippen molar-refractivity contribution in [2.45, 2.75) is 40.7 Å². The van der Waals surface area contributed by atoms with Crippen LogP contribution in [0.3, 0.4) is 0 Å². The Hall–Kier alpha value is -3.74. The second-order valence-corrected chi connectivity index (χ2v) is 7.49. The molecule has 0 saturated carbocycles. The minimum absolute atomic E-state index is 0.159. The molecule has 7 heteroatoms. The highest BCUT2D eigenvalue weighted by molar-refractivity contribution is 5.91. The summed E-state index contributed by atoms with van der Waals surface area (Å²) in [5.74, 6) is -0.492. The molecule has 0 bridgehead atoms. The third kappa shape index (κ3) is 5.45. The van der Waals surface area contributed by atoms with Crippen molar-refractivity contribution in [1.29, 1.82) is 0 Å². The highest BCUT2D eigenvalue weighted by atomic mass is 16.2. The van der Waals surface area contributed by atoms with Gasteiger partial charge in [0.1, 0.15) is 6.54 Å². The number of hydrogen-bond acceptors (Lipinski definition) is 4. The number of aromatic nitrogens is 2.